The van der Waals surface area contributed by atoms with Crippen molar-refractivity contribution < 1.29 is 58.5 Å². The Kier molecular flexibility index (Phi) is 17.1. The Morgan fingerprint density at radius 3 is 2.41 bits per heavy atom. The maximum atomic E-state index is 13.7. The third-order valence-electron chi connectivity index (χ3n) is 13.5. The Bertz CT molecular complexity index is 1800. The molecule has 0 spiro atoms. The molecule has 3 aliphatic heterocycles. The average Bonchev–Trinajstić information content (AvgIpc) is 3.83. The summed E-state index contributed by atoms with van der Waals surface area (Å²) in [5, 5.41) is 67.2. The van der Waals surface area contributed by atoms with Crippen LogP contribution in [-0.4, -0.2) is 168 Å². The first-order valence-electron chi connectivity index (χ1n) is 22.6. The van der Waals surface area contributed by atoms with E-state index in [4.69, 9.17) is 18.9 Å². The number of ether oxygens (including phenoxy) is 4. The first-order chi connectivity index (χ1) is 29.5. The molecule has 2 aromatic rings. The van der Waals surface area contributed by atoms with Gasteiger partial charge in [-0.2, -0.15) is 0 Å². The van der Waals surface area contributed by atoms with E-state index in [1.54, 1.807) is 44.5 Å². The number of halogens is 1. The zero-order valence-electron chi connectivity index (χ0n) is 38.7. The van der Waals surface area contributed by atoms with Gasteiger partial charge < -0.3 is 54.3 Å². The molecule has 0 bridgehead atoms. The highest BCUT2D eigenvalue weighted by Crippen LogP contribution is 2.37. The van der Waals surface area contributed by atoms with Gasteiger partial charge in [-0.15, -0.1) is 5.10 Å². The summed E-state index contributed by atoms with van der Waals surface area (Å²) in [6, 6.07) is 4.90. The minimum absolute atomic E-state index is 0.159. The number of rotatable bonds is 12. The van der Waals surface area contributed by atoms with Gasteiger partial charge >= 0.3 is 12.1 Å². The van der Waals surface area contributed by atoms with E-state index < -0.39 is 89.9 Å². The molecule has 0 saturated carbocycles. The lowest BCUT2D eigenvalue weighted by Gasteiger charge is -2.47. The van der Waals surface area contributed by atoms with Gasteiger partial charge in [-0.1, -0.05) is 32.1 Å². The molecule has 5 rings (SSSR count). The van der Waals surface area contributed by atoms with Crippen LogP contribution in [0.3, 0.4) is 0 Å². The van der Waals surface area contributed by atoms with Crippen molar-refractivity contribution in [3.05, 3.63) is 42.0 Å². The quantitative estimate of drug-likeness (QED) is 0.153. The summed E-state index contributed by atoms with van der Waals surface area (Å²) in [6.07, 6.45) is -3.44. The molecule has 0 unspecified atom stereocenters. The van der Waals surface area contributed by atoms with Gasteiger partial charge in [0.05, 0.1) is 54.3 Å². The molecule has 1 aromatic carbocycles. The van der Waals surface area contributed by atoms with Gasteiger partial charge in [-0.3, -0.25) is 9.69 Å². The van der Waals surface area contributed by atoms with E-state index in [9.17, 15) is 39.5 Å². The van der Waals surface area contributed by atoms with Gasteiger partial charge in [0.2, 0.25) is 0 Å². The van der Waals surface area contributed by atoms with Gasteiger partial charge in [-0.05, 0) is 118 Å². The van der Waals surface area contributed by atoms with Gasteiger partial charge in [0.25, 0.3) is 0 Å². The van der Waals surface area contributed by atoms with E-state index in [1.165, 1.54) is 30.9 Å². The summed E-state index contributed by atoms with van der Waals surface area (Å²) in [4.78, 5) is 31.4. The molecule has 18 heteroatoms. The number of nitrogens with zero attached hydrogens (tertiary/aromatic N) is 6. The second-order valence-electron chi connectivity index (χ2n) is 19.1. The maximum absolute atomic E-state index is 13.7. The van der Waals surface area contributed by atoms with Crippen LogP contribution in [0.1, 0.15) is 93.2 Å². The first kappa shape index (κ1) is 50.7. The highest BCUT2D eigenvalue weighted by molar-refractivity contribution is 5.89. The third-order valence-corrected chi connectivity index (χ3v) is 13.5. The Morgan fingerprint density at radius 2 is 1.73 bits per heavy atom. The third kappa shape index (κ3) is 12.3. The Morgan fingerprint density at radius 1 is 1.02 bits per heavy atom. The van der Waals surface area contributed by atoms with Gasteiger partial charge in [0.15, 0.2) is 6.29 Å². The summed E-state index contributed by atoms with van der Waals surface area (Å²) in [7, 11) is 3.76. The Hall–Kier alpha value is -3.33. The topological polar surface area (TPSA) is 213 Å². The second-order valence-corrected chi connectivity index (χ2v) is 19.1. The molecular weight excluding hydrogens is 820 g/mol. The van der Waals surface area contributed by atoms with E-state index in [-0.39, 0.29) is 37.5 Å². The standard InChI is InChI=1S/C45H73FN6O11/c1-11-36-45(8,59)39(55)30(6)50(10)22-26(2)21-44(7,58)40(28(4)37(53)29(5)41(56)62-36)63-42-38(54)35(19-27(3)60-42)49(9)18-13-12-16-32-23-51(48-47-32)24-34-25-52(43(57)61-34)33-17-14-15-31(46)20-33/h14-15,17,20,23,26-30,34-40,42,53-55,58-59H,11-13,16,18-19,21-22,24-25H2,1-10H3/t26-,27-,28+,29-,30-,34+,35+,36-,37+,38-,39-,40-,42+,44-,45-/m1/s1. The number of aromatic nitrogens is 3. The molecule has 0 radical (unpaired) electrons. The van der Waals surface area contributed by atoms with Crippen molar-refractivity contribution in [2.24, 2.45) is 17.8 Å². The van der Waals surface area contributed by atoms with Crippen molar-refractivity contribution >= 4 is 17.7 Å². The van der Waals surface area contributed by atoms with Crippen LogP contribution in [-0.2, 0) is 36.7 Å². The zero-order chi connectivity index (χ0) is 46.6. The molecule has 356 valence electrons. The molecule has 1 amide bonds. The number of carbonyl (C=O) groups is 2. The lowest BCUT2D eigenvalue weighted by molar-refractivity contribution is -0.299. The van der Waals surface area contributed by atoms with Gasteiger partial charge in [0.1, 0.15) is 35.8 Å². The number of amides is 1. The van der Waals surface area contributed by atoms with Crippen molar-refractivity contribution in [1.82, 2.24) is 24.8 Å². The van der Waals surface area contributed by atoms with E-state index in [0.29, 0.717) is 38.2 Å². The summed E-state index contributed by atoms with van der Waals surface area (Å²) in [5.74, 6) is -3.32. The predicted molar refractivity (Wildman–Crippen MR) is 231 cm³/mol. The zero-order valence-corrected chi connectivity index (χ0v) is 38.7. The van der Waals surface area contributed by atoms with Crippen LogP contribution >= 0.6 is 0 Å². The molecule has 5 N–H and O–H groups in total. The molecule has 3 saturated heterocycles. The van der Waals surface area contributed by atoms with Gasteiger partial charge in [-0.25, -0.2) is 13.9 Å². The normalized spacial score (nSPS) is 38.0. The minimum Gasteiger partial charge on any atom is -0.459 e. The Labute approximate surface area is 371 Å². The molecule has 4 heterocycles. The SMILES string of the molecule is CC[C@H]1OC(=O)[C@H](C)[C@@H](O)[C@H](C)[C@@H](O[C@@H]2O[C@H](C)C[C@H](N(C)CCCCc3cn(C[C@H]4CN(c5cccc(F)c5)C(=O)O4)nn3)[C@H]2O)[C@](C)(O)C[C@@H](C)CN(C)[C@H](C)[C@@H](O)[C@]1(C)O. The van der Waals surface area contributed by atoms with E-state index in [0.717, 1.165) is 18.5 Å². The van der Waals surface area contributed by atoms with E-state index in [1.807, 2.05) is 39.0 Å². The van der Waals surface area contributed by atoms with Crippen LogP contribution in [0.25, 0.3) is 0 Å². The van der Waals surface area contributed by atoms with Crippen LogP contribution in [0.15, 0.2) is 30.5 Å². The number of benzene rings is 1. The molecule has 1 aromatic heterocycles. The summed E-state index contributed by atoms with van der Waals surface area (Å²) in [5.41, 5.74) is -2.16. The van der Waals surface area contributed by atoms with Gasteiger partial charge in [0, 0.05) is 30.7 Å². The molecule has 15 atom stereocenters. The number of aliphatic hydroxyl groups excluding tert-OH is 3. The molecule has 0 aliphatic carbocycles. The second kappa shape index (κ2) is 21.3. The fourth-order valence-corrected chi connectivity index (χ4v) is 9.72. The number of likely N-dealkylation sites (N-methyl/N-ethyl adjacent to an activating group) is 2. The number of hydrogen-bond acceptors (Lipinski definition) is 15. The lowest BCUT2D eigenvalue weighted by Crippen LogP contribution is -2.59. The van der Waals surface area contributed by atoms with Crippen molar-refractivity contribution in [2.75, 3.05) is 38.6 Å². The van der Waals surface area contributed by atoms with Crippen LogP contribution in [0.2, 0.25) is 0 Å². The smallest absolute Gasteiger partial charge is 0.414 e. The number of unbranched alkanes of at least 4 members (excludes halogenated alkanes) is 1. The number of carbonyl (C=O) groups excluding carboxylic acids is 2. The van der Waals surface area contributed by atoms with Crippen LogP contribution in [0.5, 0.6) is 0 Å². The molecule has 17 nitrogen and oxygen atoms in total. The minimum atomic E-state index is -1.79. The Balaban J connectivity index is 1.21. The number of esters is 1. The fourth-order valence-electron chi connectivity index (χ4n) is 9.72. The number of aliphatic hydroxyl groups is 5. The monoisotopic (exact) mass is 893 g/mol. The number of aryl methyl sites for hydroxylation is 1. The van der Waals surface area contributed by atoms with Crippen LogP contribution in [0.4, 0.5) is 14.9 Å². The summed E-state index contributed by atoms with van der Waals surface area (Å²) in [6.45, 7) is 15.3. The van der Waals surface area contributed by atoms with Crippen molar-refractivity contribution in [3.8, 4) is 0 Å². The highest BCUT2D eigenvalue weighted by atomic mass is 19.1. The molecule has 3 fully saturated rings. The fraction of sp³-hybridized carbons (Fsp3) is 0.778. The predicted octanol–water partition coefficient (Wildman–Crippen LogP) is 3.12. The van der Waals surface area contributed by atoms with Crippen LogP contribution in [0, 0.1) is 23.6 Å². The lowest BCUT2D eigenvalue weighted by atomic mass is 9.78. The molecule has 3 aliphatic rings. The number of anilines is 1. The van der Waals surface area contributed by atoms with E-state index >= 15 is 0 Å². The van der Waals surface area contributed by atoms with Crippen LogP contribution < -0.4 is 4.90 Å². The average molecular weight is 893 g/mol. The number of hydrogen-bond donors (Lipinski definition) is 5. The number of cyclic esters (lactones) is 2. The highest BCUT2D eigenvalue weighted by Gasteiger charge is 2.50. The summed E-state index contributed by atoms with van der Waals surface area (Å²) >= 11 is 0. The summed E-state index contributed by atoms with van der Waals surface area (Å²) < 4.78 is 39.5. The largest absolute Gasteiger partial charge is 0.459 e. The van der Waals surface area contributed by atoms with Crippen molar-refractivity contribution in [1.29, 1.82) is 0 Å². The van der Waals surface area contributed by atoms with Crippen molar-refractivity contribution in [2.45, 2.75) is 173 Å². The molecule has 63 heavy (non-hydrogen) atoms. The van der Waals surface area contributed by atoms with E-state index in [2.05, 4.69) is 15.2 Å². The molecular formula is C45H73FN6O11. The maximum Gasteiger partial charge on any atom is 0.414 e. The first-order valence-corrected chi connectivity index (χ1v) is 22.6. The van der Waals surface area contributed by atoms with Crippen molar-refractivity contribution in [3.63, 3.8) is 0 Å².